The summed E-state index contributed by atoms with van der Waals surface area (Å²) in [4.78, 5) is 0. The zero-order valence-corrected chi connectivity index (χ0v) is 10.8. The van der Waals surface area contributed by atoms with Crippen molar-refractivity contribution in [1.82, 2.24) is 15.1 Å². The van der Waals surface area contributed by atoms with Crippen molar-refractivity contribution in [1.29, 1.82) is 0 Å². The van der Waals surface area contributed by atoms with Gasteiger partial charge in [-0.15, -0.1) is 0 Å². The minimum atomic E-state index is 0.309. The van der Waals surface area contributed by atoms with Crippen LogP contribution in [0.25, 0.3) is 0 Å². The second kappa shape index (κ2) is 5.65. The molecule has 0 bridgehead atoms. The number of aryl methyl sites for hydroxylation is 2. The smallest absolute Gasteiger partial charge is 0.0597 e. The molecule has 1 aromatic rings. The highest BCUT2D eigenvalue weighted by atomic mass is 16.3. The number of hydrogen-bond donors (Lipinski definition) is 2. The zero-order chi connectivity index (χ0) is 12.3. The lowest BCUT2D eigenvalue weighted by Crippen LogP contribution is -2.34. The van der Waals surface area contributed by atoms with E-state index in [0.717, 1.165) is 25.2 Å². The van der Waals surface area contributed by atoms with E-state index in [2.05, 4.69) is 23.4 Å². The molecule has 1 aromatic heterocycles. The Morgan fingerprint density at radius 2 is 2.35 bits per heavy atom. The molecule has 0 amide bonds. The Hall–Kier alpha value is -0.870. The first-order valence-corrected chi connectivity index (χ1v) is 6.62. The van der Waals surface area contributed by atoms with Crippen LogP contribution in [0.5, 0.6) is 0 Å². The van der Waals surface area contributed by atoms with E-state index >= 15 is 0 Å². The Kier molecular flexibility index (Phi) is 4.18. The SMILES string of the molecule is CCn1nc(C)cc1CNC1CCCC1CO. The zero-order valence-electron chi connectivity index (χ0n) is 10.8. The number of aromatic nitrogens is 2. The van der Waals surface area contributed by atoms with Crippen molar-refractivity contribution >= 4 is 0 Å². The van der Waals surface area contributed by atoms with Gasteiger partial charge < -0.3 is 10.4 Å². The van der Waals surface area contributed by atoms with Crippen molar-refractivity contribution in [2.24, 2.45) is 5.92 Å². The van der Waals surface area contributed by atoms with E-state index in [1.165, 1.54) is 18.5 Å². The lowest BCUT2D eigenvalue weighted by atomic mass is 10.1. The number of aliphatic hydroxyl groups is 1. The first-order valence-electron chi connectivity index (χ1n) is 6.62. The molecule has 0 aliphatic heterocycles. The number of rotatable bonds is 5. The normalized spacial score (nSPS) is 24.4. The standard InChI is InChI=1S/C13H23N3O/c1-3-16-12(7-10(2)15-16)8-14-13-6-4-5-11(13)9-17/h7,11,13-14,17H,3-6,8-9H2,1-2H3. The van der Waals surface area contributed by atoms with Crippen LogP contribution in [0.2, 0.25) is 0 Å². The Morgan fingerprint density at radius 3 is 3.06 bits per heavy atom. The first kappa shape index (κ1) is 12.6. The fourth-order valence-corrected chi connectivity index (χ4v) is 2.77. The quantitative estimate of drug-likeness (QED) is 0.815. The second-order valence-corrected chi connectivity index (χ2v) is 4.95. The van der Waals surface area contributed by atoms with Crippen molar-refractivity contribution in [2.75, 3.05) is 6.61 Å². The van der Waals surface area contributed by atoms with Crippen LogP contribution in [0.15, 0.2) is 6.07 Å². The summed E-state index contributed by atoms with van der Waals surface area (Å²) in [7, 11) is 0. The number of hydrogen-bond acceptors (Lipinski definition) is 3. The van der Waals surface area contributed by atoms with Gasteiger partial charge in [0.2, 0.25) is 0 Å². The number of nitrogens with zero attached hydrogens (tertiary/aromatic N) is 2. The van der Waals surface area contributed by atoms with Gasteiger partial charge in [0.15, 0.2) is 0 Å². The summed E-state index contributed by atoms with van der Waals surface area (Å²) in [6.07, 6.45) is 3.57. The molecular formula is C13H23N3O. The molecule has 1 fully saturated rings. The van der Waals surface area contributed by atoms with Gasteiger partial charge in [-0.25, -0.2) is 0 Å². The lowest BCUT2D eigenvalue weighted by Gasteiger charge is -2.19. The van der Waals surface area contributed by atoms with E-state index in [9.17, 15) is 5.11 Å². The number of nitrogens with one attached hydrogen (secondary N) is 1. The van der Waals surface area contributed by atoms with Gasteiger partial charge in [-0.2, -0.15) is 5.10 Å². The van der Waals surface area contributed by atoms with Gasteiger partial charge in [-0.3, -0.25) is 4.68 Å². The van der Waals surface area contributed by atoms with E-state index in [4.69, 9.17) is 0 Å². The van der Waals surface area contributed by atoms with Gasteiger partial charge in [0, 0.05) is 25.7 Å². The fraction of sp³-hybridized carbons (Fsp3) is 0.769. The molecule has 2 N–H and O–H groups in total. The van der Waals surface area contributed by atoms with E-state index < -0.39 is 0 Å². The molecule has 2 rings (SSSR count). The Bertz CT molecular complexity index is 362. The molecule has 4 nitrogen and oxygen atoms in total. The van der Waals surface area contributed by atoms with Crippen molar-refractivity contribution < 1.29 is 5.11 Å². The topological polar surface area (TPSA) is 50.1 Å². The fourth-order valence-electron chi connectivity index (χ4n) is 2.77. The van der Waals surface area contributed by atoms with Crippen LogP contribution in [-0.2, 0) is 13.1 Å². The molecule has 0 aromatic carbocycles. The minimum absolute atomic E-state index is 0.309. The monoisotopic (exact) mass is 237 g/mol. The maximum atomic E-state index is 9.28. The first-order chi connectivity index (χ1) is 8.24. The third-order valence-corrected chi connectivity index (χ3v) is 3.72. The maximum Gasteiger partial charge on any atom is 0.0597 e. The van der Waals surface area contributed by atoms with Gasteiger partial charge in [0.25, 0.3) is 0 Å². The van der Waals surface area contributed by atoms with Gasteiger partial charge in [-0.1, -0.05) is 6.42 Å². The summed E-state index contributed by atoms with van der Waals surface area (Å²) >= 11 is 0. The molecule has 2 atom stereocenters. The molecule has 0 saturated heterocycles. The van der Waals surface area contributed by atoms with E-state index in [0.29, 0.717) is 18.6 Å². The van der Waals surface area contributed by atoms with E-state index in [1.54, 1.807) is 0 Å². The highest BCUT2D eigenvalue weighted by molar-refractivity contribution is 5.09. The van der Waals surface area contributed by atoms with Crippen molar-refractivity contribution in [3.05, 3.63) is 17.5 Å². The third kappa shape index (κ3) is 2.87. The average Bonchev–Trinajstić information content (AvgIpc) is 2.91. The molecule has 0 spiro atoms. The largest absolute Gasteiger partial charge is 0.396 e. The molecule has 1 heterocycles. The molecule has 0 radical (unpaired) electrons. The summed E-state index contributed by atoms with van der Waals surface area (Å²) in [6.45, 7) is 6.22. The summed E-state index contributed by atoms with van der Waals surface area (Å²) in [5, 5.41) is 17.3. The summed E-state index contributed by atoms with van der Waals surface area (Å²) in [5.74, 6) is 0.439. The van der Waals surface area contributed by atoms with Crippen LogP contribution >= 0.6 is 0 Å². The molecule has 2 unspecified atom stereocenters. The Balaban J connectivity index is 1.92. The van der Waals surface area contributed by atoms with E-state index in [-0.39, 0.29) is 0 Å². The average molecular weight is 237 g/mol. The van der Waals surface area contributed by atoms with Crippen molar-refractivity contribution in [2.45, 2.75) is 52.2 Å². The highest BCUT2D eigenvalue weighted by Crippen LogP contribution is 2.25. The van der Waals surface area contributed by atoms with Crippen LogP contribution in [0.3, 0.4) is 0 Å². The lowest BCUT2D eigenvalue weighted by molar-refractivity contribution is 0.204. The third-order valence-electron chi connectivity index (χ3n) is 3.72. The van der Waals surface area contributed by atoms with E-state index in [1.807, 2.05) is 11.6 Å². The van der Waals surface area contributed by atoms with Crippen molar-refractivity contribution in [3.63, 3.8) is 0 Å². The van der Waals surface area contributed by atoms with Gasteiger partial charge >= 0.3 is 0 Å². The van der Waals surface area contributed by atoms with Gasteiger partial charge in [-0.05, 0) is 38.7 Å². The predicted molar refractivity (Wildman–Crippen MR) is 67.7 cm³/mol. The molecule has 17 heavy (non-hydrogen) atoms. The predicted octanol–water partition coefficient (Wildman–Crippen LogP) is 1.46. The number of aliphatic hydroxyl groups excluding tert-OH is 1. The van der Waals surface area contributed by atoms with Crippen LogP contribution in [0.1, 0.15) is 37.6 Å². The molecular weight excluding hydrogens is 214 g/mol. The summed E-state index contributed by atoms with van der Waals surface area (Å²) in [6, 6.07) is 2.61. The van der Waals surface area contributed by atoms with Gasteiger partial charge in [0.05, 0.1) is 11.4 Å². The van der Waals surface area contributed by atoms with Crippen LogP contribution in [-0.4, -0.2) is 27.5 Å². The molecule has 1 saturated carbocycles. The van der Waals surface area contributed by atoms with Gasteiger partial charge in [0.1, 0.15) is 0 Å². The minimum Gasteiger partial charge on any atom is -0.396 e. The van der Waals surface area contributed by atoms with Crippen LogP contribution < -0.4 is 5.32 Å². The molecule has 1 aliphatic rings. The molecule has 96 valence electrons. The van der Waals surface area contributed by atoms with Crippen LogP contribution in [0.4, 0.5) is 0 Å². The molecule has 4 heteroatoms. The second-order valence-electron chi connectivity index (χ2n) is 4.95. The van der Waals surface area contributed by atoms with Crippen molar-refractivity contribution in [3.8, 4) is 0 Å². The van der Waals surface area contributed by atoms with Crippen LogP contribution in [0, 0.1) is 12.8 Å². The highest BCUT2D eigenvalue weighted by Gasteiger charge is 2.26. The maximum absolute atomic E-state index is 9.28. The Morgan fingerprint density at radius 1 is 1.53 bits per heavy atom. The summed E-state index contributed by atoms with van der Waals surface area (Å²) < 4.78 is 2.05. The summed E-state index contributed by atoms with van der Waals surface area (Å²) in [5.41, 5.74) is 2.32. The Labute approximate surface area is 103 Å². The molecule has 1 aliphatic carbocycles.